The number of piperidine rings is 2. The summed E-state index contributed by atoms with van der Waals surface area (Å²) in [6.07, 6.45) is 8.17. The normalized spacial score (nSPS) is 17.9. The highest BCUT2D eigenvalue weighted by atomic mass is 35.5. The maximum absolute atomic E-state index is 12.8. The Bertz CT molecular complexity index is 916. The van der Waals surface area contributed by atoms with E-state index in [1.165, 1.54) is 60.8 Å². The van der Waals surface area contributed by atoms with Gasteiger partial charge < -0.3 is 0 Å². The molecule has 33 heavy (non-hydrogen) atoms. The number of fused-ring (bicyclic) bond motifs is 3. The molecule has 2 heterocycles. The van der Waals surface area contributed by atoms with Crippen molar-refractivity contribution >= 4 is 36.4 Å². The van der Waals surface area contributed by atoms with Gasteiger partial charge in [-0.1, -0.05) is 37.1 Å². The molecule has 2 aromatic carbocycles. The number of benzene rings is 2. The fourth-order valence-electron chi connectivity index (χ4n) is 5.38. The molecule has 0 amide bonds. The Balaban J connectivity index is 0.00000153. The van der Waals surface area contributed by atoms with Gasteiger partial charge in [-0.15, -0.1) is 24.8 Å². The lowest BCUT2D eigenvalue weighted by molar-refractivity contribution is 0.0908. The standard InChI is InChI=1S/C27H32N2O2.2ClH/c30-26(18-28-11-3-1-4-12-28)20-7-9-24-22(15-20)17-23-16-21(8-10-25(23)24)27(31)19-29-13-5-2-6-14-29;;/h7-10,15-16H,1-6,11-14,17-19H2;2*1H. The minimum Gasteiger partial charge on any atom is -0.296 e. The molecule has 2 saturated heterocycles. The predicted molar refractivity (Wildman–Crippen MR) is 138 cm³/mol. The number of ketones is 2. The molecule has 0 bridgehead atoms. The molecule has 0 spiro atoms. The Kier molecular flexibility index (Phi) is 9.11. The Morgan fingerprint density at radius 2 is 1.00 bits per heavy atom. The van der Waals surface area contributed by atoms with Crippen molar-refractivity contribution in [1.29, 1.82) is 0 Å². The highest BCUT2D eigenvalue weighted by Crippen LogP contribution is 2.37. The van der Waals surface area contributed by atoms with E-state index in [9.17, 15) is 9.59 Å². The molecule has 0 N–H and O–H groups in total. The van der Waals surface area contributed by atoms with Crippen LogP contribution < -0.4 is 0 Å². The minimum absolute atomic E-state index is 0. The van der Waals surface area contributed by atoms with Gasteiger partial charge in [0.05, 0.1) is 13.1 Å². The number of Topliss-reactive ketones (excluding diaryl/α,β-unsaturated/α-hetero) is 2. The van der Waals surface area contributed by atoms with Gasteiger partial charge in [-0.2, -0.15) is 0 Å². The molecule has 2 fully saturated rings. The average molecular weight is 489 g/mol. The van der Waals surface area contributed by atoms with Crippen molar-refractivity contribution in [1.82, 2.24) is 9.80 Å². The van der Waals surface area contributed by atoms with Gasteiger partial charge in [0.2, 0.25) is 0 Å². The Morgan fingerprint density at radius 3 is 1.39 bits per heavy atom. The van der Waals surface area contributed by atoms with E-state index in [-0.39, 0.29) is 36.4 Å². The van der Waals surface area contributed by atoms with Gasteiger partial charge in [-0.25, -0.2) is 0 Å². The Labute approximate surface area is 209 Å². The molecule has 0 saturated carbocycles. The lowest BCUT2D eigenvalue weighted by Gasteiger charge is -2.25. The smallest absolute Gasteiger partial charge is 0.176 e. The van der Waals surface area contributed by atoms with Crippen LogP contribution in [0.1, 0.15) is 70.4 Å². The van der Waals surface area contributed by atoms with Crippen LogP contribution in [0.25, 0.3) is 11.1 Å². The lowest BCUT2D eigenvalue weighted by atomic mass is 9.99. The maximum Gasteiger partial charge on any atom is 0.176 e. The van der Waals surface area contributed by atoms with Crippen molar-refractivity contribution in [3.8, 4) is 11.1 Å². The van der Waals surface area contributed by atoms with Crippen molar-refractivity contribution in [2.24, 2.45) is 0 Å². The number of carbonyl (C=O) groups excluding carboxylic acids is 2. The first-order valence-corrected chi connectivity index (χ1v) is 11.9. The summed E-state index contributed by atoms with van der Waals surface area (Å²) in [5.41, 5.74) is 6.47. The van der Waals surface area contributed by atoms with Crippen LogP contribution in [-0.2, 0) is 6.42 Å². The second kappa shape index (κ2) is 11.6. The summed E-state index contributed by atoms with van der Waals surface area (Å²) < 4.78 is 0. The molecular weight excluding hydrogens is 455 g/mol. The second-order valence-corrected chi connectivity index (χ2v) is 9.44. The third-order valence-corrected chi connectivity index (χ3v) is 7.16. The van der Waals surface area contributed by atoms with Crippen molar-refractivity contribution in [2.75, 3.05) is 39.3 Å². The lowest BCUT2D eigenvalue weighted by Crippen LogP contribution is -2.34. The monoisotopic (exact) mass is 488 g/mol. The van der Waals surface area contributed by atoms with E-state index in [4.69, 9.17) is 0 Å². The molecule has 1 aliphatic carbocycles. The molecule has 0 atom stereocenters. The topological polar surface area (TPSA) is 40.6 Å². The van der Waals surface area contributed by atoms with Gasteiger partial charge in [0.15, 0.2) is 11.6 Å². The third-order valence-electron chi connectivity index (χ3n) is 7.16. The first kappa shape index (κ1) is 25.9. The zero-order valence-electron chi connectivity index (χ0n) is 19.2. The largest absolute Gasteiger partial charge is 0.296 e. The van der Waals surface area contributed by atoms with Crippen molar-refractivity contribution < 1.29 is 9.59 Å². The van der Waals surface area contributed by atoms with Crippen LogP contribution in [0, 0.1) is 0 Å². The number of halogens is 2. The van der Waals surface area contributed by atoms with Crippen molar-refractivity contribution in [3.63, 3.8) is 0 Å². The molecule has 2 aromatic rings. The molecular formula is C27H34Cl2N2O2. The van der Waals surface area contributed by atoms with Gasteiger partial charge in [0.25, 0.3) is 0 Å². The number of likely N-dealkylation sites (tertiary alicyclic amines) is 2. The molecule has 178 valence electrons. The highest BCUT2D eigenvalue weighted by molar-refractivity contribution is 6.00. The quantitative estimate of drug-likeness (QED) is 0.433. The molecule has 3 aliphatic rings. The number of carbonyl (C=O) groups is 2. The van der Waals surface area contributed by atoms with Crippen LogP contribution in [-0.4, -0.2) is 60.6 Å². The van der Waals surface area contributed by atoms with E-state index in [1.54, 1.807) is 0 Å². The molecule has 2 aliphatic heterocycles. The van der Waals surface area contributed by atoms with Gasteiger partial charge in [-0.3, -0.25) is 19.4 Å². The van der Waals surface area contributed by atoms with E-state index in [0.29, 0.717) is 13.1 Å². The third kappa shape index (κ3) is 5.86. The summed E-state index contributed by atoms with van der Waals surface area (Å²) >= 11 is 0. The summed E-state index contributed by atoms with van der Waals surface area (Å²) in [6, 6.07) is 12.3. The maximum atomic E-state index is 12.8. The second-order valence-electron chi connectivity index (χ2n) is 9.44. The molecule has 4 nitrogen and oxygen atoms in total. The molecule has 5 rings (SSSR count). The zero-order valence-corrected chi connectivity index (χ0v) is 20.8. The fourth-order valence-corrected chi connectivity index (χ4v) is 5.38. The van der Waals surface area contributed by atoms with Crippen molar-refractivity contribution in [2.45, 2.75) is 44.9 Å². The highest BCUT2D eigenvalue weighted by Gasteiger charge is 2.23. The molecule has 6 heteroatoms. The number of hydrogen-bond donors (Lipinski definition) is 0. The first-order chi connectivity index (χ1) is 15.2. The summed E-state index contributed by atoms with van der Waals surface area (Å²) in [6.45, 7) is 5.21. The fraction of sp³-hybridized carbons (Fsp3) is 0.481. The first-order valence-electron chi connectivity index (χ1n) is 11.9. The van der Waals surface area contributed by atoms with Gasteiger partial charge in [-0.05, 0) is 92.7 Å². The summed E-state index contributed by atoms with van der Waals surface area (Å²) in [7, 11) is 0. The van der Waals surface area contributed by atoms with E-state index in [0.717, 1.165) is 43.7 Å². The molecule has 0 aromatic heterocycles. The molecule has 0 unspecified atom stereocenters. The van der Waals surface area contributed by atoms with Crippen LogP contribution in [0.3, 0.4) is 0 Å². The SMILES string of the molecule is Cl.Cl.O=C(CN1CCCCC1)c1ccc2c(c1)Cc1cc(C(=O)CN3CCCCC3)ccc1-2. The van der Waals surface area contributed by atoms with Crippen molar-refractivity contribution in [3.05, 3.63) is 58.7 Å². The number of nitrogens with zero attached hydrogens (tertiary/aromatic N) is 2. The summed E-state index contributed by atoms with van der Waals surface area (Å²) in [5.74, 6) is 0.441. The Hall–Kier alpha value is -1.72. The van der Waals surface area contributed by atoms with Crippen LogP contribution in [0.15, 0.2) is 36.4 Å². The van der Waals surface area contributed by atoms with Crippen LogP contribution in [0.5, 0.6) is 0 Å². The van der Waals surface area contributed by atoms with Crippen LogP contribution >= 0.6 is 24.8 Å². The molecule has 0 radical (unpaired) electrons. The minimum atomic E-state index is 0. The predicted octanol–water partition coefficient (Wildman–Crippen LogP) is 5.44. The zero-order chi connectivity index (χ0) is 21.2. The van der Waals surface area contributed by atoms with Crippen LogP contribution in [0.2, 0.25) is 0 Å². The number of rotatable bonds is 6. The van der Waals surface area contributed by atoms with Gasteiger partial charge in [0, 0.05) is 11.1 Å². The van der Waals surface area contributed by atoms with E-state index in [1.807, 2.05) is 12.1 Å². The van der Waals surface area contributed by atoms with E-state index in [2.05, 4.69) is 34.1 Å². The Morgan fingerprint density at radius 1 is 0.606 bits per heavy atom. The van der Waals surface area contributed by atoms with E-state index < -0.39 is 0 Å². The van der Waals surface area contributed by atoms with Crippen LogP contribution in [0.4, 0.5) is 0 Å². The van der Waals surface area contributed by atoms with E-state index >= 15 is 0 Å². The summed E-state index contributed by atoms with van der Waals surface area (Å²) in [5, 5.41) is 0. The average Bonchev–Trinajstić information content (AvgIpc) is 3.17. The number of hydrogen-bond acceptors (Lipinski definition) is 4. The van der Waals surface area contributed by atoms with Gasteiger partial charge in [0.1, 0.15) is 0 Å². The summed E-state index contributed by atoms with van der Waals surface area (Å²) in [4.78, 5) is 30.2. The van der Waals surface area contributed by atoms with Gasteiger partial charge >= 0.3 is 0 Å².